The molecule has 0 aliphatic carbocycles. The van der Waals surface area contributed by atoms with Crippen LogP contribution in [0.15, 0.2) is 33.5 Å². The van der Waals surface area contributed by atoms with Crippen LogP contribution in [0.5, 0.6) is 0 Å². The van der Waals surface area contributed by atoms with Crippen LogP contribution >= 0.6 is 45.9 Å². The standard InChI is InChI=1S/C19H19Cl2N3O3S3/c1-11-12(20)6-7-14-17(11)23(2)19(28-14)22-18(25)13-5-3-4-10-24(13)30(26,27)16-9-8-15(21)29-16/h6-9,13H,3-5,10H2,1-2H3. The van der Waals surface area contributed by atoms with E-state index in [0.29, 0.717) is 27.0 Å². The average Bonchev–Trinajstić information content (AvgIpc) is 3.29. The summed E-state index contributed by atoms with van der Waals surface area (Å²) in [6.07, 6.45) is 1.92. The number of sulfonamides is 1. The molecule has 6 nitrogen and oxygen atoms in total. The lowest BCUT2D eigenvalue weighted by molar-refractivity contribution is -0.122. The number of piperidine rings is 1. The summed E-state index contributed by atoms with van der Waals surface area (Å²) in [7, 11) is -1.98. The van der Waals surface area contributed by atoms with Gasteiger partial charge < -0.3 is 4.57 Å². The Morgan fingerprint density at radius 3 is 2.63 bits per heavy atom. The van der Waals surface area contributed by atoms with Gasteiger partial charge in [0.25, 0.3) is 15.9 Å². The predicted molar refractivity (Wildman–Crippen MR) is 122 cm³/mol. The molecule has 1 atom stereocenters. The summed E-state index contributed by atoms with van der Waals surface area (Å²) < 4.78 is 30.9. The maximum atomic E-state index is 13.1. The van der Waals surface area contributed by atoms with E-state index in [0.717, 1.165) is 33.5 Å². The van der Waals surface area contributed by atoms with Gasteiger partial charge in [-0.15, -0.1) is 11.3 Å². The molecule has 11 heteroatoms. The van der Waals surface area contributed by atoms with E-state index in [-0.39, 0.29) is 10.8 Å². The smallest absolute Gasteiger partial charge is 0.266 e. The zero-order valence-electron chi connectivity index (χ0n) is 16.3. The van der Waals surface area contributed by atoms with E-state index >= 15 is 0 Å². The Morgan fingerprint density at radius 1 is 1.17 bits per heavy atom. The second kappa shape index (κ2) is 8.37. The van der Waals surface area contributed by atoms with Crippen LogP contribution in [0.1, 0.15) is 24.8 Å². The van der Waals surface area contributed by atoms with E-state index in [9.17, 15) is 13.2 Å². The van der Waals surface area contributed by atoms with Crippen molar-refractivity contribution in [2.45, 2.75) is 36.4 Å². The maximum Gasteiger partial charge on any atom is 0.266 e. The normalized spacial score (nSPS) is 18.9. The molecule has 160 valence electrons. The highest BCUT2D eigenvalue weighted by Gasteiger charge is 2.38. The molecule has 1 amide bonds. The fourth-order valence-electron chi connectivity index (χ4n) is 3.67. The number of rotatable bonds is 3. The Bertz CT molecular complexity index is 1310. The molecule has 1 aliphatic heterocycles. The molecule has 3 heterocycles. The summed E-state index contributed by atoms with van der Waals surface area (Å²) >= 11 is 14.5. The number of nitrogens with zero attached hydrogens (tertiary/aromatic N) is 3. The van der Waals surface area contributed by atoms with Crippen molar-refractivity contribution in [1.29, 1.82) is 0 Å². The van der Waals surface area contributed by atoms with Crippen LogP contribution in [0, 0.1) is 6.92 Å². The predicted octanol–water partition coefficient (Wildman–Crippen LogP) is 4.59. The van der Waals surface area contributed by atoms with Gasteiger partial charge in [0.05, 0.1) is 14.6 Å². The minimum absolute atomic E-state index is 0.143. The monoisotopic (exact) mass is 503 g/mol. The highest BCUT2D eigenvalue weighted by molar-refractivity contribution is 7.91. The Balaban J connectivity index is 1.74. The lowest BCUT2D eigenvalue weighted by Gasteiger charge is -2.31. The molecule has 0 saturated carbocycles. The number of aromatic nitrogens is 1. The van der Waals surface area contributed by atoms with Crippen LogP contribution in [0.4, 0.5) is 0 Å². The lowest BCUT2D eigenvalue weighted by atomic mass is 10.0. The Hall–Kier alpha value is -1.23. The van der Waals surface area contributed by atoms with E-state index in [1.807, 2.05) is 30.7 Å². The molecule has 0 N–H and O–H groups in total. The number of aryl methyl sites for hydroxylation is 2. The molecule has 4 rings (SSSR count). The van der Waals surface area contributed by atoms with E-state index in [1.165, 1.54) is 21.7 Å². The minimum atomic E-state index is -3.81. The summed E-state index contributed by atoms with van der Waals surface area (Å²) in [6.45, 7) is 2.21. The number of thiazole rings is 1. The lowest BCUT2D eigenvalue weighted by Crippen LogP contribution is -2.47. The number of amides is 1. The summed E-state index contributed by atoms with van der Waals surface area (Å²) in [4.78, 5) is 18.0. The Kier molecular flexibility index (Phi) is 6.13. The van der Waals surface area contributed by atoms with Crippen molar-refractivity contribution in [3.05, 3.63) is 44.0 Å². The Labute approximate surface area is 192 Å². The van der Waals surface area contributed by atoms with Gasteiger partial charge in [-0.25, -0.2) is 8.42 Å². The largest absolute Gasteiger partial charge is 0.319 e. The molecule has 0 bridgehead atoms. The van der Waals surface area contributed by atoms with E-state index < -0.39 is 22.0 Å². The van der Waals surface area contributed by atoms with Crippen LogP contribution in [-0.4, -0.2) is 35.8 Å². The summed E-state index contributed by atoms with van der Waals surface area (Å²) in [5.74, 6) is -0.452. The van der Waals surface area contributed by atoms with Gasteiger partial charge in [0.2, 0.25) is 0 Å². The molecular formula is C19H19Cl2N3O3S3. The number of thiophene rings is 1. The fraction of sp³-hybridized carbons (Fsp3) is 0.368. The summed E-state index contributed by atoms with van der Waals surface area (Å²) in [5, 5.41) is 0.646. The number of hydrogen-bond donors (Lipinski definition) is 0. The van der Waals surface area contributed by atoms with Crippen molar-refractivity contribution in [3.63, 3.8) is 0 Å². The SMILES string of the molecule is Cc1c(Cl)ccc2sc(=NC(=O)C3CCCCN3S(=O)(=O)c3ccc(Cl)s3)n(C)c12. The van der Waals surface area contributed by atoms with E-state index in [2.05, 4.69) is 4.99 Å². The fourth-order valence-corrected chi connectivity index (χ4v) is 8.17. The van der Waals surface area contributed by atoms with Gasteiger partial charge in [-0.05, 0) is 49.6 Å². The molecule has 2 aromatic heterocycles. The number of benzene rings is 1. The number of carbonyl (C=O) groups is 1. The molecule has 1 unspecified atom stereocenters. The second-order valence-electron chi connectivity index (χ2n) is 7.10. The van der Waals surface area contributed by atoms with Crippen LogP contribution in [0.3, 0.4) is 0 Å². The molecule has 0 radical (unpaired) electrons. The zero-order valence-corrected chi connectivity index (χ0v) is 20.2. The highest BCUT2D eigenvalue weighted by atomic mass is 35.5. The highest BCUT2D eigenvalue weighted by Crippen LogP contribution is 2.32. The Morgan fingerprint density at radius 2 is 1.93 bits per heavy atom. The molecule has 1 saturated heterocycles. The van der Waals surface area contributed by atoms with Crippen molar-refractivity contribution in [3.8, 4) is 0 Å². The summed E-state index contributed by atoms with van der Waals surface area (Å²) in [5.41, 5.74) is 1.83. The van der Waals surface area contributed by atoms with E-state index in [1.54, 1.807) is 6.07 Å². The van der Waals surface area contributed by atoms with Gasteiger partial charge in [0.1, 0.15) is 10.3 Å². The average molecular weight is 504 g/mol. The van der Waals surface area contributed by atoms with Crippen molar-refractivity contribution < 1.29 is 13.2 Å². The van der Waals surface area contributed by atoms with Gasteiger partial charge in [0.15, 0.2) is 4.80 Å². The van der Waals surface area contributed by atoms with Gasteiger partial charge in [-0.2, -0.15) is 9.30 Å². The number of hydrogen-bond acceptors (Lipinski definition) is 5. The van der Waals surface area contributed by atoms with Crippen LogP contribution in [0.25, 0.3) is 10.2 Å². The van der Waals surface area contributed by atoms with Gasteiger partial charge in [0, 0.05) is 18.6 Å². The first-order valence-electron chi connectivity index (χ1n) is 9.30. The molecule has 3 aromatic rings. The maximum absolute atomic E-state index is 13.1. The van der Waals surface area contributed by atoms with Crippen molar-refractivity contribution in [2.24, 2.45) is 12.0 Å². The molecule has 1 fully saturated rings. The molecule has 1 aliphatic rings. The molecule has 0 spiro atoms. The van der Waals surface area contributed by atoms with Crippen LogP contribution in [0.2, 0.25) is 9.36 Å². The second-order valence-corrected chi connectivity index (χ2v) is 12.3. The third-order valence-electron chi connectivity index (χ3n) is 5.21. The quantitative estimate of drug-likeness (QED) is 0.524. The van der Waals surface area contributed by atoms with Crippen LogP contribution < -0.4 is 4.80 Å². The topological polar surface area (TPSA) is 71.7 Å². The number of carbonyl (C=O) groups excluding carboxylic acids is 1. The molecule has 30 heavy (non-hydrogen) atoms. The van der Waals surface area contributed by atoms with Gasteiger partial charge in [-0.1, -0.05) is 41.0 Å². The van der Waals surface area contributed by atoms with Gasteiger partial charge >= 0.3 is 0 Å². The third-order valence-corrected chi connectivity index (χ3v) is 10.3. The number of fused-ring (bicyclic) bond motifs is 1. The third kappa shape index (κ3) is 3.87. The molecular weight excluding hydrogens is 485 g/mol. The zero-order chi connectivity index (χ0) is 21.6. The first kappa shape index (κ1) is 22.0. The van der Waals surface area contributed by atoms with E-state index in [4.69, 9.17) is 23.2 Å². The molecule has 1 aromatic carbocycles. The van der Waals surface area contributed by atoms with Crippen LogP contribution in [-0.2, 0) is 21.9 Å². The number of halogens is 2. The van der Waals surface area contributed by atoms with Crippen molar-refractivity contribution >= 4 is 72.0 Å². The minimum Gasteiger partial charge on any atom is -0.319 e. The van der Waals surface area contributed by atoms with Gasteiger partial charge in [-0.3, -0.25) is 4.79 Å². The summed E-state index contributed by atoms with van der Waals surface area (Å²) in [6, 6.07) is 5.93. The first-order valence-corrected chi connectivity index (χ1v) is 13.1. The van der Waals surface area contributed by atoms with Crippen molar-refractivity contribution in [2.75, 3.05) is 6.54 Å². The van der Waals surface area contributed by atoms with Crippen molar-refractivity contribution in [1.82, 2.24) is 8.87 Å². The first-order chi connectivity index (χ1) is 14.2.